The summed E-state index contributed by atoms with van der Waals surface area (Å²) in [5.74, 6) is -1.33. The van der Waals surface area contributed by atoms with Gasteiger partial charge in [-0.3, -0.25) is 4.79 Å². The molecule has 2 N–H and O–H groups in total. The molecular weight excluding hydrogens is 662 g/mol. The quantitative estimate of drug-likeness (QED) is 0.262. The zero-order chi connectivity index (χ0) is 36.0. The van der Waals surface area contributed by atoms with E-state index >= 15 is 0 Å². The summed E-state index contributed by atoms with van der Waals surface area (Å²) in [6.07, 6.45) is 0. The van der Waals surface area contributed by atoms with Crippen LogP contribution in [0.4, 0.5) is 0 Å². The Hall–Kier alpha value is -2.53. The van der Waals surface area contributed by atoms with Gasteiger partial charge in [0.05, 0.1) is 16.4 Å². The van der Waals surface area contributed by atoms with Gasteiger partial charge in [-0.05, 0) is 43.3 Å². The number of hydrogen-bond donors (Lipinski definition) is 1. The Labute approximate surface area is 279 Å². The number of ether oxygens (including phenoxy) is 1. The van der Waals surface area contributed by atoms with E-state index in [1.165, 1.54) is 24.3 Å². The molecule has 0 saturated heterocycles. The first-order valence-electron chi connectivity index (χ1n) is 15.3. The number of hydrogen-bond acceptors (Lipinski definition) is 6. The number of carbonyl (C=O) groups excluding carboxylic acids is 1. The van der Waals surface area contributed by atoms with Gasteiger partial charge in [-0.1, -0.05) is 154 Å². The fraction of sp³-hybridized carbons (Fsp3) is 0.441. The number of benzene rings is 3. The van der Waals surface area contributed by atoms with Crippen molar-refractivity contribution in [2.24, 2.45) is 5.14 Å². The second-order valence-electron chi connectivity index (χ2n) is 6.03. The smallest absolute Gasteiger partial charge is 0.321 e. The second kappa shape index (κ2) is 40.5. The van der Waals surface area contributed by atoms with Crippen LogP contribution in [0.2, 0.25) is 0 Å². The highest BCUT2D eigenvalue weighted by atomic mass is 79.9. The predicted octanol–water partition coefficient (Wildman–Crippen LogP) is 9.96. The topological polar surface area (TPSA) is 121 Å². The van der Waals surface area contributed by atoms with Gasteiger partial charge in [0.2, 0.25) is 10.0 Å². The van der Waals surface area contributed by atoms with Gasteiger partial charge in [0.1, 0.15) is 0 Å². The van der Waals surface area contributed by atoms with Crippen LogP contribution in [0, 0.1) is 0 Å². The lowest BCUT2D eigenvalue weighted by atomic mass is 10.4. The van der Waals surface area contributed by atoms with Crippen LogP contribution in [0.3, 0.4) is 0 Å². The third-order valence-corrected chi connectivity index (χ3v) is 6.58. The summed E-state index contributed by atoms with van der Waals surface area (Å²) in [4.78, 5) is 11.3. The highest BCUT2D eigenvalue weighted by molar-refractivity contribution is 9.10. The van der Waals surface area contributed by atoms with Crippen LogP contribution >= 0.6 is 15.9 Å². The fourth-order valence-electron chi connectivity index (χ4n) is 2.09. The van der Waals surface area contributed by atoms with Crippen molar-refractivity contribution in [2.75, 3.05) is 12.4 Å². The molecule has 0 heterocycles. The summed E-state index contributed by atoms with van der Waals surface area (Å²) in [6.45, 7) is 25.8. The van der Waals surface area contributed by atoms with Crippen molar-refractivity contribution in [2.45, 2.75) is 99.8 Å². The maximum atomic E-state index is 11.6. The summed E-state index contributed by atoms with van der Waals surface area (Å²) in [6, 6.07) is 25.7. The number of rotatable bonds is 5. The van der Waals surface area contributed by atoms with E-state index < -0.39 is 31.6 Å². The van der Waals surface area contributed by atoms with Gasteiger partial charge in [0.15, 0.2) is 15.6 Å². The van der Waals surface area contributed by atoms with Crippen LogP contribution in [0.25, 0.3) is 0 Å². The maximum Gasteiger partial charge on any atom is 0.321 e. The molecule has 0 aliphatic rings. The Balaban J connectivity index is -0.000000109. The van der Waals surface area contributed by atoms with Crippen molar-refractivity contribution < 1.29 is 26.4 Å². The predicted molar refractivity (Wildman–Crippen MR) is 195 cm³/mol. The number of carbonyl (C=O) groups is 1. The Morgan fingerprint density at radius 1 is 0.591 bits per heavy atom. The molecule has 3 aromatic carbocycles. The standard InChI is InChI=1S/C10H12O4S.C6H5Br.C6H7NO2S.6C2H6/c1-2-14-10(11)8-15(12,13)9-6-4-3-5-7-9;7-6-4-2-1-3-5-6;7-10(8,9)6-4-2-1-3-5-6;6*1-2/h3-7H,2,8H2,1H3;1-5H;1-5H,(H2,7,8,9);6*1-2H3. The minimum absolute atomic E-state index is 0.137. The highest BCUT2D eigenvalue weighted by Crippen LogP contribution is 2.10. The summed E-state index contributed by atoms with van der Waals surface area (Å²) in [7, 11) is -7.06. The fourth-order valence-corrected chi connectivity index (χ4v) is 4.07. The number of nitrogens with two attached hydrogens (primary N) is 1. The van der Waals surface area contributed by atoms with Crippen molar-refractivity contribution in [1.82, 2.24) is 0 Å². The molecule has 0 unspecified atom stereocenters. The van der Waals surface area contributed by atoms with E-state index in [2.05, 4.69) is 20.7 Å². The second-order valence-corrected chi connectivity index (χ2v) is 10.5. The largest absolute Gasteiger partial charge is 0.465 e. The van der Waals surface area contributed by atoms with Crippen LogP contribution < -0.4 is 5.14 Å². The van der Waals surface area contributed by atoms with E-state index in [-0.39, 0.29) is 16.4 Å². The van der Waals surface area contributed by atoms with Crippen molar-refractivity contribution in [3.8, 4) is 0 Å². The molecule has 0 fully saturated rings. The van der Waals surface area contributed by atoms with E-state index in [0.29, 0.717) is 0 Å². The zero-order valence-electron chi connectivity index (χ0n) is 29.3. The molecule has 0 aromatic heterocycles. The summed E-state index contributed by atoms with van der Waals surface area (Å²) in [5, 5.41) is 4.83. The highest BCUT2D eigenvalue weighted by Gasteiger charge is 2.19. The van der Waals surface area contributed by atoms with E-state index in [4.69, 9.17) is 5.14 Å². The number of sulfonamides is 1. The van der Waals surface area contributed by atoms with Crippen LogP contribution in [0.15, 0.2) is 105 Å². The van der Waals surface area contributed by atoms with Crippen molar-refractivity contribution in [3.05, 3.63) is 95.5 Å². The van der Waals surface area contributed by atoms with Gasteiger partial charge in [-0.15, -0.1) is 0 Å². The molecule has 0 spiro atoms. The molecule has 3 aromatic rings. The molecule has 0 aliphatic carbocycles. The molecule has 256 valence electrons. The first kappa shape index (κ1) is 54.0. The lowest BCUT2D eigenvalue weighted by molar-refractivity contribution is -0.139. The molecule has 44 heavy (non-hydrogen) atoms. The molecule has 0 aliphatic heterocycles. The number of halogens is 1. The van der Waals surface area contributed by atoms with Gasteiger partial charge in [-0.25, -0.2) is 22.0 Å². The lowest BCUT2D eigenvalue weighted by Crippen LogP contribution is -2.18. The minimum atomic E-state index is -3.56. The minimum Gasteiger partial charge on any atom is -0.465 e. The van der Waals surface area contributed by atoms with Crippen molar-refractivity contribution in [1.29, 1.82) is 0 Å². The molecule has 0 amide bonds. The molecule has 0 bridgehead atoms. The van der Waals surface area contributed by atoms with Gasteiger partial charge >= 0.3 is 5.97 Å². The van der Waals surface area contributed by atoms with Gasteiger partial charge in [-0.2, -0.15) is 0 Å². The lowest BCUT2D eigenvalue weighted by Gasteiger charge is -2.03. The van der Waals surface area contributed by atoms with Crippen molar-refractivity contribution in [3.63, 3.8) is 0 Å². The molecule has 0 saturated carbocycles. The normalized spacial score (nSPS) is 8.52. The van der Waals surface area contributed by atoms with E-state index in [9.17, 15) is 21.6 Å². The first-order chi connectivity index (χ1) is 21.1. The van der Waals surface area contributed by atoms with Crippen LogP contribution in [-0.2, 0) is 29.4 Å². The third-order valence-electron chi connectivity index (χ3n) is 3.52. The van der Waals surface area contributed by atoms with E-state index in [0.717, 1.165) is 4.47 Å². The van der Waals surface area contributed by atoms with E-state index in [1.54, 1.807) is 43.3 Å². The van der Waals surface area contributed by atoms with Crippen LogP contribution in [0.1, 0.15) is 90.0 Å². The average molecular weight is 723 g/mol. The maximum absolute atomic E-state index is 11.6. The Morgan fingerprint density at radius 2 is 0.886 bits per heavy atom. The van der Waals surface area contributed by atoms with Crippen LogP contribution in [0.5, 0.6) is 0 Å². The van der Waals surface area contributed by atoms with Gasteiger partial charge in [0.25, 0.3) is 0 Å². The number of esters is 1. The molecule has 3 rings (SSSR count). The summed E-state index contributed by atoms with van der Waals surface area (Å²) >= 11 is 3.31. The number of primary sulfonamides is 1. The molecule has 0 atom stereocenters. The Bertz CT molecular complexity index is 1160. The number of sulfone groups is 1. The zero-order valence-corrected chi connectivity index (χ0v) is 32.5. The molecule has 0 radical (unpaired) electrons. The average Bonchev–Trinajstić information content (AvgIpc) is 3.08. The van der Waals surface area contributed by atoms with Gasteiger partial charge < -0.3 is 4.74 Å². The Morgan fingerprint density at radius 3 is 1.11 bits per heavy atom. The van der Waals surface area contributed by atoms with Gasteiger partial charge in [0, 0.05) is 4.47 Å². The monoisotopic (exact) mass is 721 g/mol. The first-order valence-corrected chi connectivity index (χ1v) is 19.3. The SMILES string of the molecule is Brc1ccccc1.CC.CC.CC.CC.CC.CC.CCOC(=O)CS(=O)(=O)c1ccccc1.NS(=O)(=O)c1ccccc1. The summed E-state index contributed by atoms with van der Waals surface area (Å²) in [5.41, 5.74) is 0. The molecule has 10 heteroatoms. The third kappa shape index (κ3) is 34.0. The summed E-state index contributed by atoms with van der Waals surface area (Å²) < 4.78 is 50.2. The van der Waals surface area contributed by atoms with E-state index in [1.807, 2.05) is 113 Å². The van der Waals surface area contributed by atoms with Crippen molar-refractivity contribution >= 4 is 41.8 Å². The Kier molecular flexibility index (Phi) is 49.7. The molecule has 7 nitrogen and oxygen atoms in total. The molecular formula is C34H60BrNO6S2. The van der Waals surface area contributed by atoms with Crippen LogP contribution in [-0.4, -0.2) is 35.2 Å².